The summed E-state index contributed by atoms with van der Waals surface area (Å²) in [7, 11) is 0. The number of rotatable bonds is 6. The van der Waals surface area contributed by atoms with Crippen molar-refractivity contribution < 1.29 is 34.7 Å². The van der Waals surface area contributed by atoms with Gasteiger partial charge in [0, 0.05) is 13.3 Å². The fourth-order valence-electron chi connectivity index (χ4n) is 1.96. The van der Waals surface area contributed by atoms with Gasteiger partial charge in [-0.2, -0.15) is 0 Å². The van der Waals surface area contributed by atoms with Crippen molar-refractivity contribution in [2.75, 3.05) is 13.2 Å². The van der Waals surface area contributed by atoms with Crippen LogP contribution in [0.25, 0.3) is 0 Å². The summed E-state index contributed by atoms with van der Waals surface area (Å²) in [5, 5.41) is 39.7. The lowest BCUT2D eigenvalue weighted by atomic mass is 9.94. The average Bonchev–Trinajstić information content (AvgIpc) is 2.37. The molecular formula is C11H20NO7. The van der Waals surface area contributed by atoms with Crippen molar-refractivity contribution in [2.24, 2.45) is 0 Å². The topological polar surface area (TPSA) is 128 Å². The molecule has 5 N–H and O–H groups in total. The highest BCUT2D eigenvalue weighted by Gasteiger charge is 2.42. The number of aliphatic hydroxyl groups excluding tert-OH is 4. The summed E-state index contributed by atoms with van der Waals surface area (Å²) >= 11 is 0. The highest BCUT2D eigenvalue weighted by atomic mass is 16.7. The predicted molar refractivity (Wildman–Crippen MR) is 62.5 cm³/mol. The summed E-state index contributed by atoms with van der Waals surface area (Å²) in [4.78, 5) is 11.1. The smallest absolute Gasteiger partial charge is 0.217 e. The molecule has 8 heteroatoms. The monoisotopic (exact) mass is 278 g/mol. The van der Waals surface area contributed by atoms with Crippen LogP contribution in [0.1, 0.15) is 13.3 Å². The van der Waals surface area contributed by atoms with Gasteiger partial charge in [0.2, 0.25) is 5.91 Å². The van der Waals surface area contributed by atoms with Gasteiger partial charge < -0.3 is 35.2 Å². The lowest BCUT2D eigenvalue weighted by Crippen LogP contribution is -2.61. The Kier molecular flexibility index (Phi) is 6.63. The predicted octanol–water partition coefficient (Wildman–Crippen LogP) is -2.51. The van der Waals surface area contributed by atoms with Crippen molar-refractivity contribution in [3.63, 3.8) is 0 Å². The first kappa shape index (κ1) is 16.3. The van der Waals surface area contributed by atoms with E-state index in [0.717, 1.165) is 6.61 Å². The Morgan fingerprint density at radius 3 is 2.79 bits per heavy atom. The zero-order chi connectivity index (χ0) is 14.4. The largest absolute Gasteiger partial charge is 0.394 e. The summed E-state index contributed by atoms with van der Waals surface area (Å²) in [6, 6.07) is -0.839. The second-order valence-electron chi connectivity index (χ2n) is 4.29. The summed E-state index contributed by atoms with van der Waals surface area (Å²) < 4.78 is 10.4. The van der Waals surface area contributed by atoms with Crippen molar-refractivity contribution in [1.29, 1.82) is 0 Å². The maximum Gasteiger partial charge on any atom is 0.217 e. The molecule has 1 radical (unpaired) electrons. The van der Waals surface area contributed by atoms with Crippen molar-refractivity contribution in [3.8, 4) is 0 Å². The van der Waals surface area contributed by atoms with Crippen LogP contribution in [0, 0.1) is 6.61 Å². The van der Waals surface area contributed by atoms with E-state index in [9.17, 15) is 15.0 Å². The van der Waals surface area contributed by atoms with Crippen molar-refractivity contribution in [1.82, 2.24) is 5.32 Å². The third kappa shape index (κ3) is 4.68. The summed E-state index contributed by atoms with van der Waals surface area (Å²) in [5.41, 5.74) is 0. The number of carbonyl (C=O) groups excluding carboxylic acids is 1. The zero-order valence-corrected chi connectivity index (χ0v) is 10.6. The molecule has 1 heterocycles. The second-order valence-corrected chi connectivity index (χ2v) is 4.29. The van der Waals surface area contributed by atoms with Crippen LogP contribution in [-0.4, -0.2) is 70.2 Å². The minimum Gasteiger partial charge on any atom is -0.394 e. The molecule has 0 aromatic heterocycles. The van der Waals surface area contributed by atoms with Crippen molar-refractivity contribution >= 4 is 5.91 Å². The SMILES string of the molecule is CC(=O)N[C@H]1[C@@H]([C@H](O)CO)OC(O[CH]CO)C[C@@H]1O. The van der Waals surface area contributed by atoms with Gasteiger partial charge >= 0.3 is 0 Å². The average molecular weight is 278 g/mol. The minimum atomic E-state index is -1.27. The molecule has 8 nitrogen and oxygen atoms in total. The lowest BCUT2D eigenvalue weighted by molar-refractivity contribution is -0.238. The highest BCUT2D eigenvalue weighted by Crippen LogP contribution is 2.24. The van der Waals surface area contributed by atoms with E-state index in [1.807, 2.05) is 0 Å². The summed E-state index contributed by atoms with van der Waals surface area (Å²) in [6.07, 6.45) is -4.07. The maximum absolute atomic E-state index is 11.1. The number of amides is 1. The lowest BCUT2D eigenvalue weighted by Gasteiger charge is -2.41. The Labute approximate surface area is 110 Å². The second kappa shape index (κ2) is 7.73. The van der Waals surface area contributed by atoms with E-state index in [4.69, 9.17) is 19.7 Å². The van der Waals surface area contributed by atoms with Gasteiger partial charge in [0.1, 0.15) is 18.8 Å². The number of carbonyl (C=O) groups is 1. The van der Waals surface area contributed by atoms with Crippen molar-refractivity contribution in [2.45, 2.75) is 44.0 Å². The zero-order valence-electron chi connectivity index (χ0n) is 10.6. The minimum absolute atomic E-state index is 0.0656. The molecule has 1 fully saturated rings. The first-order chi connectivity index (χ1) is 8.99. The first-order valence-corrected chi connectivity index (χ1v) is 5.97. The van der Waals surface area contributed by atoms with E-state index < -0.39 is 37.3 Å². The molecule has 1 aliphatic rings. The Morgan fingerprint density at radius 2 is 2.26 bits per heavy atom. The Hall–Kier alpha value is -0.770. The van der Waals surface area contributed by atoms with E-state index in [2.05, 4.69) is 5.32 Å². The molecule has 1 saturated heterocycles. The van der Waals surface area contributed by atoms with Crippen LogP contribution in [0.2, 0.25) is 0 Å². The quantitative estimate of drug-likeness (QED) is 0.363. The standard InChI is InChI=1S/C11H20NO7/c1-6(15)12-10-7(16)4-9(18-3-2-13)19-11(10)8(17)5-14/h3,7-11,13-14,16-17H,2,4-5H2,1H3,(H,12,15)/t7-,8+,9?,10+,11+/m0/s1. The molecular weight excluding hydrogens is 258 g/mol. The molecule has 5 atom stereocenters. The van der Waals surface area contributed by atoms with Crippen LogP contribution < -0.4 is 5.32 Å². The molecule has 1 aliphatic heterocycles. The molecule has 0 spiro atoms. The van der Waals surface area contributed by atoms with Gasteiger partial charge in [-0.25, -0.2) is 0 Å². The summed E-state index contributed by atoms with van der Waals surface area (Å²) in [6.45, 7) is 1.47. The van der Waals surface area contributed by atoms with E-state index in [-0.39, 0.29) is 18.9 Å². The Balaban J connectivity index is 2.72. The van der Waals surface area contributed by atoms with Gasteiger partial charge in [-0.3, -0.25) is 4.79 Å². The van der Waals surface area contributed by atoms with Crippen LogP contribution in [0.5, 0.6) is 0 Å². The third-order valence-corrected chi connectivity index (χ3v) is 2.77. The molecule has 1 unspecified atom stereocenters. The maximum atomic E-state index is 11.1. The fourth-order valence-corrected chi connectivity index (χ4v) is 1.96. The van der Waals surface area contributed by atoms with Gasteiger partial charge in [0.15, 0.2) is 6.29 Å². The van der Waals surface area contributed by atoms with E-state index in [0.29, 0.717) is 0 Å². The van der Waals surface area contributed by atoms with Crippen LogP contribution >= 0.6 is 0 Å². The molecule has 0 aromatic carbocycles. The number of hydrogen-bond acceptors (Lipinski definition) is 7. The Morgan fingerprint density at radius 1 is 1.58 bits per heavy atom. The number of ether oxygens (including phenoxy) is 2. The number of hydrogen-bond donors (Lipinski definition) is 5. The summed E-state index contributed by atoms with van der Waals surface area (Å²) in [5.74, 6) is -0.385. The molecule has 1 amide bonds. The van der Waals surface area contributed by atoms with E-state index >= 15 is 0 Å². The molecule has 111 valence electrons. The van der Waals surface area contributed by atoms with Crippen LogP contribution in [-0.2, 0) is 14.3 Å². The van der Waals surface area contributed by atoms with E-state index in [1.54, 1.807) is 0 Å². The van der Waals surface area contributed by atoms with Gasteiger partial charge in [0.05, 0.1) is 25.4 Å². The van der Waals surface area contributed by atoms with Crippen LogP contribution in [0.15, 0.2) is 0 Å². The van der Waals surface area contributed by atoms with Crippen molar-refractivity contribution in [3.05, 3.63) is 6.61 Å². The third-order valence-electron chi connectivity index (χ3n) is 2.77. The molecule has 0 saturated carbocycles. The number of aliphatic hydroxyl groups is 4. The van der Waals surface area contributed by atoms with Crippen LogP contribution in [0.3, 0.4) is 0 Å². The molecule has 1 rings (SSSR count). The highest BCUT2D eigenvalue weighted by molar-refractivity contribution is 5.73. The van der Waals surface area contributed by atoms with Gasteiger partial charge in [-0.05, 0) is 0 Å². The van der Waals surface area contributed by atoms with E-state index in [1.165, 1.54) is 6.92 Å². The Bertz CT molecular complexity index is 288. The molecule has 0 bridgehead atoms. The molecule has 19 heavy (non-hydrogen) atoms. The fraction of sp³-hybridized carbons (Fsp3) is 0.818. The molecule has 0 aromatic rings. The first-order valence-electron chi connectivity index (χ1n) is 5.97. The normalized spacial score (nSPS) is 32.9. The number of nitrogens with one attached hydrogen (secondary N) is 1. The van der Waals surface area contributed by atoms with Gasteiger partial charge in [0.25, 0.3) is 0 Å². The van der Waals surface area contributed by atoms with Gasteiger partial charge in [-0.1, -0.05) is 0 Å². The van der Waals surface area contributed by atoms with Crippen LogP contribution in [0.4, 0.5) is 0 Å². The molecule has 0 aliphatic carbocycles. The van der Waals surface area contributed by atoms with Gasteiger partial charge in [-0.15, -0.1) is 0 Å².